The Hall–Kier alpha value is -1.36. The fourth-order valence-electron chi connectivity index (χ4n) is 2.05. The van der Waals surface area contributed by atoms with E-state index in [0.717, 1.165) is 6.42 Å². The molecule has 2 amide bonds. The standard InChI is InChI=1S/C12H21N3O2/c1-4-6-14-8-10(16)15-7-5-12(2,9-15)11(17)13-3/h4,14H,1,5-9H2,2-3H3,(H,13,17). The SMILES string of the molecule is C=CCNCC(=O)N1CCC(C)(C(=O)NC)C1. The Labute approximate surface area is 102 Å². The van der Waals surface area contributed by atoms with Crippen molar-refractivity contribution in [3.8, 4) is 0 Å². The van der Waals surface area contributed by atoms with E-state index in [0.29, 0.717) is 26.2 Å². The first-order chi connectivity index (χ1) is 8.03. The molecule has 1 fully saturated rings. The van der Waals surface area contributed by atoms with Gasteiger partial charge in [0.1, 0.15) is 0 Å². The quantitative estimate of drug-likeness (QED) is 0.513. The molecule has 1 aliphatic rings. The van der Waals surface area contributed by atoms with Crippen LogP contribution in [0.5, 0.6) is 0 Å². The summed E-state index contributed by atoms with van der Waals surface area (Å²) in [5.41, 5.74) is -0.442. The third-order valence-corrected chi connectivity index (χ3v) is 3.17. The van der Waals surface area contributed by atoms with E-state index in [9.17, 15) is 9.59 Å². The summed E-state index contributed by atoms with van der Waals surface area (Å²) in [4.78, 5) is 25.2. The van der Waals surface area contributed by atoms with Crippen LogP contribution in [0.3, 0.4) is 0 Å². The number of carbonyl (C=O) groups excluding carboxylic acids is 2. The van der Waals surface area contributed by atoms with Gasteiger partial charge in [0.2, 0.25) is 11.8 Å². The van der Waals surface area contributed by atoms with E-state index in [1.807, 2.05) is 6.92 Å². The number of amides is 2. The summed E-state index contributed by atoms with van der Waals surface area (Å²) < 4.78 is 0. The third kappa shape index (κ3) is 3.30. The van der Waals surface area contributed by atoms with Crippen LogP contribution < -0.4 is 10.6 Å². The normalized spacial score (nSPS) is 23.5. The molecular formula is C12H21N3O2. The number of hydrogen-bond acceptors (Lipinski definition) is 3. The average Bonchev–Trinajstić information content (AvgIpc) is 2.72. The summed E-state index contributed by atoms with van der Waals surface area (Å²) in [5, 5.41) is 5.63. The van der Waals surface area contributed by atoms with Crippen LogP contribution >= 0.6 is 0 Å². The zero-order valence-corrected chi connectivity index (χ0v) is 10.6. The van der Waals surface area contributed by atoms with Crippen molar-refractivity contribution < 1.29 is 9.59 Å². The van der Waals surface area contributed by atoms with Gasteiger partial charge in [-0.1, -0.05) is 6.08 Å². The van der Waals surface area contributed by atoms with Gasteiger partial charge in [0.15, 0.2) is 0 Å². The Bertz CT molecular complexity index is 317. The van der Waals surface area contributed by atoms with E-state index in [2.05, 4.69) is 17.2 Å². The van der Waals surface area contributed by atoms with Gasteiger partial charge in [0.05, 0.1) is 12.0 Å². The van der Waals surface area contributed by atoms with Gasteiger partial charge in [0.25, 0.3) is 0 Å². The third-order valence-electron chi connectivity index (χ3n) is 3.17. The minimum Gasteiger partial charge on any atom is -0.359 e. The van der Waals surface area contributed by atoms with Gasteiger partial charge in [-0.15, -0.1) is 6.58 Å². The number of nitrogens with zero attached hydrogens (tertiary/aromatic N) is 1. The minimum atomic E-state index is -0.442. The predicted molar refractivity (Wildman–Crippen MR) is 66.4 cm³/mol. The van der Waals surface area contributed by atoms with Crippen LogP contribution in [0.4, 0.5) is 0 Å². The van der Waals surface area contributed by atoms with Gasteiger partial charge in [-0.2, -0.15) is 0 Å². The Kier molecular flexibility index (Phi) is 4.69. The lowest BCUT2D eigenvalue weighted by Crippen LogP contribution is -2.42. The second-order valence-electron chi connectivity index (χ2n) is 4.62. The molecular weight excluding hydrogens is 218 g/mol. The smallest absolute Gasteiger partial charge is 0.236 e. The maximum atomic E-state index is 11.8. The molecule has 1 aliphatic heterocycles. The number of rotatable bonds is 5. The molecule has 0 aliphatic carbocycles. The van der Waals surface area contributed by atoms with Crippen molar-refractivity contribution in [2.45, 2.75) is 13.3 Å². The first kappa shape index (κ1) is 13.7. The van der Waals surface area contributed by atoms with Gasteiger partial charge >= 0.3 is 0 Å². The number of likely N-dealkylation sites (tertiary alicyclic amines) is 1. The molecule has 0 saturated carbocycles. The molecule has 1 heterocycles. The van der Waals surface area contributed by atoms with Gasteiger partial charge < -0.3 is 15.5 Å². The van der Waals surface area contributed by atoms with Gasteiger partial charge in [0, 0.05) is 26.7 Å². The molecule has 1 saturated heterocycles. The number of nitrogens with one attached hydrogen (secondary N) is 2. The van der Waals surface area contributed by atoms with Crippen molar-refractivity contribution >= 4 is 11.8 Å². The van der Waals surface area contributed by atoms with Gasteiger partial charge in [-0.25, -0.2) is 0 Å². The Balaban J connectivity index is 2.46. The van der Waals surface area contributed by atoms with Gasteiger partial charge in [-0.3, -0.25) is 9.59 Å². The first-order valence-electron chi connectivity index (χ1n) is 5.85. The molecule has 5 nitrogen and oxygen atoms in total. The largest absolute Gasteiger partial charge is 0.359 e. The highest BCUT2D eigenvalue weighted by Gasteiger charge is 2.41. The van der Waals surface area contributed by atoms with E-state index >= 15 is 0 Å². The molecule has 1 rings (SSSR count). The maximum Gasteiger partial charge on any atom is 0.236 e. The van der Waals surface area contributed by atoms with Crippen LogP contribution in [0.15, 0.2) is 12.7 Å². The molecule has 1 atom stereocenters. The molecule has 1 unspecified atom stereocenters. The van der Waals surface area contributed by atoms with Crippen molar-refractivity contribution in [2.24, 2.45) is 5.41 Å². The Morgan fingerprint density at radius 2 is 2.24 bits per heavy atom. The average molecular weight is 239 g/mol. The highest BCUT2D eigenvalue weighted by atomic mass is 16.2. The highest BCUT2D eigenvalue weighted by molar-refractivity contribution is 5.85. The van der Waals surface area contributed by atoms with E-state index < -0.39 is 5.41 Å². The van der Waals surface area contributed by atoms with Crippen LogP contribution in [0.25, 0.3) is 0 Å². The fourth-order valence-corrected chi connectivity index (χ4v) is 2.05. The summed E-state index contributed by atoms with van der Waals surface area (Å²) in [6.45, 7) is 7.54. The molecule has 0 aromatic heterocycles. The highest BCUT2D eigenvalue weighted by Crippen LogP contribution is 2.29. The monoisotopic (exact) mass is 239 g/mol. The second-order valence-corrected chi connectivity index (χ2v) is 4.62. The molecule has 0 spiro atoms. The van der Waals surface area contributed by atoms with Crippen LogP contribution in [-0.2, 0) is 9.59 Å². The molecule has 0 bridgehead atoms. The number of hydrogen-bond donors (Lipinski definition) is 2. The van der Waals surface area contributed by atoms with Crippen molar-refractivity contribution in [3.05, 3.63) is 12.7 Å². The van der Waals surface area contributed by atoms with E-state index in [1.165, 1.54) is 0 Å². The molecule has 0 aromatic carbocycles. The lowest BCUT2D eigenvalue weighted by molar-refractivity contribution is -0.131. The van der Waals surface area contributed by atoms with Crippen LogP contribution in [0.1, 0.15) is 13.3 Å². The van der Waals surface area contributed by atoms with E-state index in [4.69, 9.17) is 0 Å². The van der Waals surface area contributed by atoms with Crippen LogP contribution in [0.2, 0.25) is 0 Å². The zero-order valence-electron chi connectivity index (χ0n) is 10.6. The van der Waals surface area contributed by atoms with Crippen LogP contribution in [-0.4, -0.2) is 49.9 Å². The van der Waals surface area contributed by atoms with Crippen molar-refractivity contribution in [1.29, 1.82) is 0 Å². The molecule has 5 heteroatoms. The van der Waals surface area contributed by atoms with Gasteiger partial charge in [-0.05, 0) is 13.3 Å². The molecule has 17 heavy (non-hydrogen) atoms. The Morgan fingerprint density at radius 3 is 2.82 bits per heavy atom. The zero-order chi connectivity index (χ0) is 12.9. The maximum absolute atomic E-state index is 11.8. The lowest BCUT2D eigenvalue weighted by Gasteiger charge is -2.22. The molecule has 0 radical (unpaired) electrons. The summed E-state index contributed by atoms with van der Waals surface area (Å²) in [6, 6.07) is 0. The second kappa shape index (κ2) is 5.82. The molecule has 96 valence electrons. The molecule has 0 aromatic rings. The van der Waals surface area contributed by atoms with E-state index in [-0.39, 0.29) is 11.8 Å². The Morgan fingerprint density at radius 1 is 1.53 bits per heavy atom. The van der Waals surface area contributed by atoms with Crippen LogP contribution in [0, 0.1) is 5.41 Å². The summed E-state index contributed by atoms with van der Waals surface area (Å²) in [7, 11) is 1.63. The first-order valence-corrected chi connectivity index (χ1v) is 5.85. The predicted octanol–water partition coefficient (Wildman–Crippen LogP) is -0.253. The minimum absolute atomic E-state index is 0.00634. The fraction of sp³-hybridized carbons (Fsp3) is 0.667. The lowest BCUT2D eigenvalue weighted by atomic mass is 9.89. The molecule has 2 N–H and O–H groups in total. The van der Waals surface area contributed by atoms with Crippen molar-refractivity contribution in [3.63, 3.8) is 0 Å². The topological polar surface area (TPSA) is 61.4 Å². The van der Waals surface area contributed by atoms with E-state index in [1.54, 1.807) is 18.0 Å². The van der Waals surface area contributed by atoms with Crippen molar-refractivity contribution in [1.82, 2.24) is 15.5 Å². The number of carbonyl (C=O) groups is 2. The summed E-state index contributed by atoms with van der Waals surface area (Å²) in [5.74, 6) is 0.0475. The summed E-state index contributed by atoms with van der Waals surface area (Å²) in [6.07, 6.45) is 2.44. The van der Waals surface area contributed by atoms with Crippen molar-refractivity contribution in [2.75, 3.05) is 33.2 Å². The summed E-state index contributed by atoms with van der Waals surface area (Å²) >= 11 is 0.